The van der Waals surface area contributed by atoms with Crippen LogP contribution in [0.1, 0.15) is 44.6 Å². The van der Waals surface area contributed by atoms with E-state index in [0.717, 1.165) is 6.54 Å². The van der Waals surface area contributed by atoms with Crippen LogP contribution in [0.4, 0.5) is 0 Å². The molecule has 1 aliphatic heterocycles. The number of likely N-dealkylation sites (tertiary alicyclic amines) is 1. The van der Waals surface area contributed by atoms with Crippen molar-refractivity contribution in [2.45, 2.75) is 45.6 Å². The van der Waals surface area contributed by atoms with Crippen LogP contribution in [-0.2, 0) is 6.54 Å². The number of nitrogens with zero attached hydrogens (tertiary/aromatic N) is 1. The molecular weight excluding hydrogens is 238 g/mol. The smallest absolute Gasteiger partial charge is 0.161 e. The minimum absolute atomic E-state index is 0.235. The first kappa shape index (κ1) is 14.2. The molecule has 1 aromatic rings. The molecule has 1 saturated heterocycles. The van der Waals surface area contributed by atoms with Crippen molar-refractivity contribution in [1.29, 1.82) is 0 Å². The first-order chi connectivity index (χ1) is 9.29. The molecule has 1 fully saturated rings. The Morgan fingerprint density at radius 3 is 2.47 bits per heavy atom. The van der Waals surface area contributed by atoms with Gasteiger partial charge in [-0.15, -0.1) is 0 Å². The van der Waals surface area contributed by atoms with Gasteiger partial charge in [-0.2, -0.15) is 0 Å². The predicted octanol–water partition coefficient (Wildman–Crippen LogP) is 3.56. The maximum atomic E-state index is 9.72. The van der Waals surface area contributed by atoms with E-state index in [1.807, 2.05) is 19.1 Å². The van der Waals surface area contributed by atoms with Gasteiger partial charge in [-0.1, -0.05) is 25.3 Å². The highest BCUT2D eigenvalue weighted by molar-refractivity contribution is 5.41. The van der Waals surface area contributed by atoms with Crippen LogP contribution in [0.2, 0.25) is 0 Å². The summed E-state index contributed by atoms with van der Waals surface area (Å²) in [5, 5.41) is 9.72. The standard InChI is InChI=1S/C16H25NO2/c1-2-19-16-12-14(8-9-15(16)18)13-17-10-6-4-3-5-7-11-17/h8-9,12,18H,2-7,10-11,13H2,1H3. The lowest BCUT2D eigenvalue weighted by Crippen LogP contribution is -2.26. The van der Waals surface area contributed by atoms with Crippen LogP contribution >= 0.6 is 0 Å². The molecule has 1 aliphatic rings. The molecule has 0 spiro atoms. The number of hydrogen-bond acceptors (Lipinski definition) is 3. The molecule has 0 radical (unpaired) electrons. The minimum atomic E-state index is 0.235. The van der Waals surface area contributed by atoms with Gasteiger partial charge >= 0.3 is 0 Å². The van der Waals surface area contributed by atoms with Crippen LogP contribution in [-0.4, -0.2) is 29.7 Å². The zero-order chi connectivity index (χ0) is 13.5. The van der Waals surface area contributed by atoms with E-state index < -0.39 is 0 Å². The second kappa shape index (κ2) is 7.39. The summed E-state index contributed by atoms with van der Waals surface area (Å²) in [6.45, 7) is 5.85. The number of aromatic hydroxyl groups is 1. The minimum Gasteiger partial charge on any atom is -0.504 e. The Morgan fingerprint density at radius 2 is 1.79 bits per heavy atom. The maximum absolute atomic E-state index is 9.72. The number of hydrogen-bond donors (Lipinski definition) is 1. The Morgan fingerprint density at radius 1 is 1.11 bits per heavy atom. The molecule has 0 saturated carbocycles. The molecule has 3 heteroatoms. The van der Waals surface area contributed by atoms with Gasteiger partial charge in [-0.05, 0) is 50.6 Å². The lowest BCUT2D eigenvalue weighted by molar-refractivity contribution is 0.239. The van der Waals surface area contributed by atoms with Crippen molar-refractivity contribution in [2.75, 3.05) is 19.7 Å². The fourth-order valence-electron chi connectivity index (χ4n) is 2.66. The highest BCUT2D eigenvalue weighted by Crippen LogP contribution is 2.27. The van der Waals surface area contributed by atoms with Crippen LogP contribution in [0.3, 0.4) is 0 Å². The summed E-state index contributed by atoms with van der Waals surface area (Å²) in [6, 6.07) is 5.71. The molecule has 19 heavy (non-hydrogen) atoms. The third-order valence-corrected chi connectivity index (χ3v) is 3.68. The van der Waals surface area contributed by atoms with Gasteiger partial charge in [0.1, 0.15) is 0 Å². The first-order valence-electron chi connectivity index (χ1n) is 7.46. The fraction of sp³-hybridized carbons (Fsp3) is 0.625. The Bertz CT molecular complexity index is 384. The Labute approximate surface area is 116 Å². The second-order valence-corrected chi connectivity index (χ2v) is 5.28. The number of ether oxygens (including phenoxy) is 1. The van der Waals surface area contributed by atoms with Crippen LogP contribution in [0, 0.1) is 0 Å². The molecule has 2 rings (SSSR count). The first-order valence-corrected chi connectivity index (χ1v) is 7.46. The summed E-state index contributed by atoms with van der Waals surface area (Å²) in [5.74, 6) is 0.838. The quantitative estimate of drug-likeness (QED) is 0.901. The molecule has 1 N–H and O–H groups in total. The van der Waals surface area contributed by atoms with Crippen molar-refractivity contribution in [3.8, 4) is 11.5 Å². The lowest BCUT2D eigenvalue weighted by Gasteiger charge is -2.24. The molecule has 0 aromatic heterocycles. The number of benzene rings is 1. The van der Waals surface area contributed by atoms with Gasteiger partial charge in [-0.3, -0.25) is 4.90 Å². The van der Waals surface area contributed by atoms with E-state index in [0.29, 0.717) is 12.4 Å². The molecule has 0 atom stereocenters. The van der Waals surface area contributed by atoms with Crippen LogP contribution in [0.25, 0.3) is 0 Å². The highest BCUT2D eigenvalue weighted by Gasteiger charge is 2.10. The number of phenols is 1. The fourth-order valence-corrected chi connectivity index (χ4v) is 2.66. The molecule has 0 aliphatic carbocycles. The highest BCUT2D eigenvalue weighted by atomic mass is 16.5. The van der Waals surface area contributed by atoms with E-state index in [4.69, 9.17) is 4.74 Å². The lowest BCUT2D eigenvalue weighted by atomic mass is 10.1. The zero-order valence-corrected chi connectivity index (χ0v) is 11.9. The van der Waals surface area contributed by atoms with Gasteiger partial charge in [0.2, 0.25) is 0 Å². The summed E-state index contributed by atoms with van der Waals surface area (Å²) in [5.41, 5.74) is 1.22. The Hall–Kier alpha value is -1.22. The van der Waals surface area contributed by atoms with Crippen molar-refractivity contribution in [3.05, 3.63) is 23.8 Å². The molecule has 0 bridgehead atoms. The molecular formula is C16H25NO2. The van der Waals surface area contributed by atoms with E-state index in [-0.39, 0.29) is 5.75 Å². The summed E-state index contributed by atoms with van der Waals surface area (Å²) in [4.78, 5) is 2.52. The van der Waals surface area contributed by atoms with Crippen LogP contribution in [0.15, 0.2) is 18.2 Å². The third-order valence-electron chi connectivity index (χ3n) is 3.68. The number of rotatable bonds is 4. The van der Waals surface area contributed by atoms with E-state index >= 15 is 0 Å². The van der Waals surface area contributed by atoms with Gasteiger partial charge in [0.15, 0.2) is 11.5 Å². The van der Waals surface area contributed by atoms with E-state index in [2.05, 4.69) is 4.90 Å². The van der Waals surface area contributed by atoms with Crippen LogP contribution in [0.5, 0.6) is 11.5 Å². The number of phenolic OH excluding ortho intramolecular Hbond substituents is 1. The summed E-state index contributed by atoms with van der Waals surface area (Å²) >= 11 is 0. The normalized spacial score (nSPS) is 17.7. The summed E-state index contributed by atoms with van der Waals surface area (Å²) in [6.07, 6.45) is 6.71. The average molecular weight is 263 g/mol. The van der Waals surface area contributed by atoms with Crippen molar-refractivity contribution in [3.63, 3.8) is 0 Å². The molecule has 1 aromatic carbocycles. The van der Waals surface area contributed by atoms with E-state index in [1.165, 1.54) is 50.8 Å². The van der Waals surface area contributed by atoms with Crippen molar-refractivity contribution >= 4 is 0 Å². The van der Waals surface area contributed by atoms with Gasteiger partial charge in [0, 0.05) is 6.54 Å². The van der Waals surface area contributed by atoms with Gasteiger partial charge in [0.25, 0.3) is 0 Å². The average Bonchev–Trinajstić information content (AvgIpc) is 2.37. The second-order valence-electron chi connectivity index (χ2n) is 5.28. The molecule has 0 unspecified atom stereocenters. The Kier molecular flexibility index (Phi) is 5.52. The third kappa shape index (κ3) is 4.43. The van der Waals surface area contributed by atoms with Crippen molar-refractivity contribution < 1.29 is 9.84 Å². The van der Waals surface area contributed by atoms with Crippen LogP contribution < -0.4 is 4.74 Å². The van der Waals surface area contributed by atoms with Gasteiger partial charge in [0.05, 0.1) is 6.61 Å². The molecule has 1 heterocycles. The van der Waals surface area contributed by atoms with E-state index in [9.17, 15) is 5.11 Å². The van der Waals surface area contributed by atoms with Crippen molar-refractivity contribution in [2.24, 2.45) is 0 Å². The predicted molar refractivity (Wildman–Crippen MR) is 77.6 cm³/mol. The van der Waals surface area contributed by atoms with Gasteiger partial charge < -0.3 is 9.84 Å². The van der Waals surface area contributed by atoms with Gasteiger partial charge in [-0.25, -0.2) is 0 Å². The largest absolute Gasteiger partial charge is 0.504 e. The molecule has 106 valence electrons. The maximum Gasteiger partial charge on any atom is 0.161 e. The monoisotopic (exact) mass is 263 g/mol. The summed E-state index contributed by atoms with van der Waals surface area (Å²) < 4.78 is 5.44. The SMILES string of the molecule is CCOc1cc(CN2CCCCCCC2)ccc1O. The molecule has 3 nitrogen and oxygen atoms in total. The van der Waals surface area contributed by atoms with Crippen molar-refractivity contribution in [1.82, 2.24) is 4.90 Å². The Balaban J connectivity index is 1.98. The summed E-state index contributed by atoms with van der Waals surface area (Å²) in [7, 11) is 0. The van der Waals surface area contributed by atoms with E-state index in [1.54, 1.807) is 6.07 Å². The zero-order valence-electron chi connectivity index (χ0n) is 11.9. The topological polar surface area (TPSA) is 32.7 Å². The molecule has 0 amide bonds.